The number of likely N-dealkylation sites (tertiary alicyclic amines) is 1. The second-order valence-corrected chi connectivity index (χ2v) is 5.22. The van der Waals surface area contributed by atoms with Crippen molar-refractivity contribution in [1.29, 1.82) is 0 Å². The van der Waals surface area contributed by atoms with E-state index in [0.29, 0.717) is 5.56 Å². The fourth-order valence-electron chi connectivity index (χ4n) is 2.15. The fourth-order valence-corrected chi connectivity index (χ4v) is 2.40. The smallest absolute Gasteiger partial charge is 0.266 e. The molecule has 0 aromatic heterocycles. The molecule has 0 spiro atoms. The second-order valence-electron chi connectivity index (χ2n) is 4.78. The van der Waals surface area contributed by atoms with Gasteiger partial charge in [0.05, 0.1) is 0 Å². The second kappa shape index (κ2) is 5.97. The zero-order valence-electron chi connectivity index (χ0n) is 11.0. The van der Waals surface area contributed by atoms with Gasteiger partial charge in [-0.25, -0.2) is 4.39 Å². The van der Waals surface area contributed by atoms with Crippen LogP contribution in [0.4, 0.5) is 4.39 Å². The molecule has 21 heavy (non-hydrogen) atoms. The maximum atomic E-state index is 13.2. The zero-order valence-corrected chi connectivity index (χ0v) is 11.7. The van der Waals surface area contributed by atoms with Gasteiger partial charge in [0, 0.05) is 24.5 Å². The minimum absolute atomic E-state index is 0.0783. The van der Waals surface area contributed by atoms with Gasteiger partial charge in [-0.1, -0.05) is 11.6 Å². The highest BCUT2D eigenvalue weighted by molar-refractivity contribution is 6.30. The third-order valence-electron chi connectivity index (χ3n) is 3.31. The molecule has 8 heteroatoms. The molecule has 2 rings (SSSR count). The number of hydrogen-bond acceptors (Lipinski definition) is 4. The number of benzene rings is 1. The lowest BCUT2D eigenvalue weighted by molar-refractivity contribution is -0.155. The third-order valence-corrected chi connectivity index (χ3v) is 3.52. The number of carbonyl (C=O) groups is 2. The Morgan fingerprint density at radius 3 is 2.76 bits per heavy atom. The fraction of sp³-hybridized carbons (Fsp3) is 0.385. The Kier molecular flexibility index (Phi) is 4.46. The van der Waals surface area contributed by atoms with Gasteiger partial charge in [-0.15, -0.1) is 0 Å². The van der Waals surface area contributed by atoms with Crippen LogP contribution in [0.1, 0.15) is 12.0 Å². The Hall–Kier alpha value is -1.70. The van der Waals surface area contributed by atoms with Gasteiger partial charge in [-0.2, -0.15) is 0 Å². The Morgan fingerprint density at radius 1 is 1.48 bits per heavy atom. The molecular formula is C13H14ClFN2O4. The Morgan fingerprint density at radius 2 is 2.19 bits per heavy atom. The van der Waals surface area contributed by atoms with E-state index in [-0.39, 0.29) is 24.5 Å². The summed E-state index contributed by atoms with van der Waals surface area (Å²) in [5.74, 6) is -2.28. The topological polar surface area (TPSA) is 89.9 Å². The van der Waals surface area contributed by atoms with Gasteiger partial charge in [-0.05, 0) is 23.8 Å². The molecule has 1 atom stereocenters. The minimum Gasteiger partial charge on any atom is -0.376 e. The minimum atomic E-state index is -2.19. The van der Waals surface area contributed by atoms with Gasteiger partial charge in [0.15, 0.2) is 0 Å². The molecule has 1 heterocycles. The first-order valence-corrected chi connectivity index (χ1v) is 6.60. The molecule has 0 radical (unpaired) electrons. The normalized spacial score (nSPS) is 21.7. The summed E-state index contributed by atoms with van der Waals surface area (Å²) in [5, 5.41) is 21.6. The van der Waals surface area contributed by atoms with Crippen molar-refractivity contribution >= 4 is 23.4 Å². The van der Waals surface area contributed by atoms with Crippen LogP contribution < -0.4 is 5.32 Å². The van der Waals surface area contributed by atoms with Crippen molar-refractivity contribution in [1.82, 2.24) is 10.2 Å². The van der Waals surface area contributed by atoms with Gasteiger partial charge >= 0.3 is 0 Å². The number of halogens is 2. The molecule has 0 unspecified atom stereocenters. The highest BCUT2D eigenvalue weighted by atomic mass is 35.5. The van der Waals surface area contributed by atoms with Crippen LogP contribution in [0.5, 0.6) is 0 Å². The Bertz CT molecular complexity index is 563. The maximum Gasteiger partial charge on any atom is 0.266 e. The van der Waals surface area contributed by atoms with Crippen molar-refractivity contribution in [3.05, 3.63) is 34.6 Å². The predicted molar refractivity (Wildman–Crippen MR) is 71.6 cm³/mol. The summed E-state index contributed by atoms with van der Waals surface area (Å²) >= 11 is 5.69. The summed E-state index contributed by atoms with van der Waals surface area (Å²) in [4.78, 5) is 24.7. The van der Waals surface area contributed by atoms with Crippen LogP contribution in [-0.2, 0) is 16.1 Å². The Labute approximate surface area is 125 Å². The number of aliphatic hydroxyl groups excluding tert-OH is 1. The summed E-state index contributed by atoms with van der Waals surface area (Å²) in [6, 6.07) is 3.78. The van der Waals surface area contributed by atoms with E-state index in [2.05, 4.69) is 5.32 Å². The highest BCUT2D eigenvalue weighted by Gasteiger charge is 2.50. The van der Waals surface area contributed by atoms with Crippen LogP contribution in [0.15, 0.2) is 18.2 Å². The highest BCUT2D eigenvalue weighted by Crippen LogP contribution is 2.23. The number of nitrogens with one attached hydrogen (secondary N) is 1. The van der Waals surface area contributed by atoms with Gasteiger partial charge < -0.3 is 20.4 Å². The standard InChI is InChI=1S/C13H14ClFN2O4/c14-9-3-8(4-10(15)5-9)6-16-11(19)13(21)1-2-17(7-18)12(13)20/h3-5,18,21H,1-2,6-7H2,(H,16,19)/t13-/m0/s1. The number of carbonyl (C=O) groups excluding carboxylic acids is 2. The summed E-state index contributed by atoms with van der Waals surface area (Å²) in [7, 11) is 0. The van der Waals surface area contributed by atoms with Crippen LogP contribution in [0.25, 0.3) is 0 Å². The Balaban J connectivity index is 2.03. The van der Waals surface area contributed by atoms with E-state index in [9.17, 15) is 19.1 Å². The molecule has 114 valence electrons. The van der Waals surface area contributed by atoms with Gasteiger partial charge in [0.1, 0.15) is 12.5 Å². The first-order valence-electron chi connectivity index (χ1n) is 6.22. The summed E-state index contributed by atoms with van der Waals surface area (Å²) in [5.41, 5.74) is -1.79. The zero-order chi connectivity index (χ0) is 15.6. The molecule has 1 fully saturated rings. The molecule has 2 amide bonds. The van der Waals surface area contributed by atoms with Crippen LogP contribution in [0, 0.1) is 5.82 Å². The molecule has 1 aromatic rings. The maximum absolute atomic E-state index is 13.2. The average molecular weight is 317 g/mol. The monoisotopic (exact) mass is 316 g/mol. The van der Waals surface area contributed by atoms with E-state index < -0.39 is 30.0 Å². The van der Waals surface area contributed by atoms with Crippen molar-refractivity contribution in [2.75, 3.05) is 13.3 Å². The predicted octanol–water partition coefficient (Wildman–Crippen LogP) is 0.00850. The largest absolute Gasteiger partial charge is 0.376 e. The molecule has 1 aliphatic rings. The number of hydrogen-bond donors (Lipinski definition) is 3. The van der Waals surface area contributed by atoms with Crippen LogP contribution in [0.3, 0.4) is 0 Å². The lowest BCUT2D eigenvalue weighted by Crippen LogP contribution is -2.52. The van der Waals surface area contributed by atoms with Crippen LogP contribution in [-0.4, -0.2) is 45.8 Å². The molecule has 0 aliphatic carbocycles. The van der Waals surface area contributed by atoms with Crippen LogP contribution >= 0.6 is 11.6 Å². The lowest BCUT2D eigenvalue weighted by atomic mass is 10.0. The van der Waals surface area contributed by atoms with Crippen LogP contribution in [0.2, 0.25) is 5.02 Å². The molecule has 1 saturated heterocycles. The number of aliphatic hydroxyl groups is 2. The quantitative estimate of drug-likeness (QED) is 0.683. The van der Waals surface area contributed by atoms with E-state index in [0.717, 1.165) is 11.0 Å². The number of amides is 2. The van der Waals surface area contributed by atoms with Gasteiger partial charge in [0.2, 0.25) is 5.60 Å². The third kappa shape index (κ3) is 3.15. The van der Waals surface area contributed by atoms with E-state index in [1.807, 2.05) is 0 Å². The molecular weight excluding hydrogens is 303 g/mol. The SMILES string of the molecule is O=C(NCc1cc(F)cc(Cl)c1)[C@@]1(O)CCN(CO)C1=O. The first-order chi connectivity index (χ1) is 9.86. The van der Waals surface area contributed by atoms with E-state index in [4.69, 9.17) is 16.7 Å². The molecule has 6 nitrogen and oxygen atoms in total. The molecule has 3 N–H and O–H groups in total. The van der Waals surface area contributed by atoms with Crippen molar-refractivity contribution < 1.29 is 24.2 Å². The van der Waals surface area contributed by atoms with E-state index in [1.54, 1.807) is 0 Å². The molecule has 1 aliphatic heterocycles. The molecule has 0 bridgehead atoms. The molecule has 0 saturated carbocycles. The van der Waals surface area contributed by atoms with Crippen molar-refractivity contribution in [3.63, 3.8) is 0 Å². The lowest BCUT2D eigenvalue weighted by Gasteiger charge is -2.20. The summed E-state index contributed by atoms with van der Waals surface area (Å²) in [6.07, 6.45) is -0.109. The number of rotatable bonds is 4. The molecule has 1 aromatic carbocycles. The van der Waals surface area contributed by atoms with Gasteiger partial charge in [-0.3, -0.25) is 9.59 Å². The number of nitrogens with zero attached hydrogens (tertiary/aromatic N) is 1. The summed E-state index contributed by atoms with van der Waals surface area (Å²) < 4.78 is 13.2. The summed E-state index contributed by atoms with van der Waals surface area (Å²) in [6.45, 7) is -0.552. The average Bonchev–Trinajstić information content (AvgIpc) is 2.72. The van der Waals surface area contributed by atoms with Crippen molar-refractivity contribution in [2.45, 2.75) is 18.6 Å². The van der Waals surface area contributed by atoms with Crippen molar-refractivity contribution in [2.24, 2.45) is 0 Å². The van der Waals surface area contributed by atoms with Crippen molar-refractivity contribution in [3.8, 4) is 0 Å². The van der Waals surface area contributed by atoms with E-state index >= 15 is 0 Å². The van der Waals surface area contributed by atoms with Gasteiger partial charge in [0.25, 0.3) is 11.8 Å². The van der Waals surface area contributed by atoms with E-state index in [1.165, 1.54) is 12.1 Å². The first kappa shape index (κ1) is 15.7.